The summed E-state index contributed by atoms with van der Waals surface area (Å²) >= 11 is 0. The van der Waals surface area contributed by atoms with Gasteiger partial charge in [0.1, 0.15) is 0 Å². The van der Waals surface area contributed by atoms with E-state index in [0.29, 0.717) is 12.7 Å². The molecule has 1 fully saturated rings. The fraction of sp³-hybridized carbons (Fsp3) is 0.846. The SMILES string of the molecule is C=CCO[C@@H]1C[C@H](C)CCC1C(C)C. The third-order valence-electron chi connectivity index (χ3n) is 3.39. The Morgan fingerprint density at radius 3 is 2.71 bits per heavy atom. The molecule has 1 aliphatic carbocycles. The Hall–Kier alpha value is -0.300. The van der Waals surface area contributed by atoms with Gasteiger partial charge in [-0.1, -0.05) is 33.3 Å². The van der Waals surface area contributed by atoms with Crippen LogP contribution in [0.2, 0.25) is 0 Å². The van der Waals surface area contributed by atoms with Crippen molar-refractivity contribution in [2.45, 2.75) is 46.1 Å². The van der Waals surface area contributed by atoms with E-state index in [1.807, 2.05) is 6.08 Å². The summed E-state index contributed by atoms with van der Waals surface area (Å²) in [6, 6.07) is 0. The molecule has 1 heteroatoms. The smallest absolute Gasteiger partial charge is 0.0648 e. The average molecular weight is 196 g/mol. The molecule has 0 spiro atoms. The van der Waals surface area contributed by atoms with E-state index in [4.69, 9.17) is 4.74 Å². The normalized spacial score (nSPS) is 33.3. The van der Waals surface area contributed by atoms with Crippen molar-refractivity contribution in [1.29, 1.82) is 0 Å². The average Bonchev–Trinajstić information content (AvgIpc) is 2.14. The Morgan fingerprint density at radius 1 is 1.43 bits per heavy atom. The molecule has 0 aromatic rings. The van der Waals surface area contributed by atoms with Gasteiger partial charge in [0.05, 0.1) is 12.7 Å². The monoisotopic (exact) mass is 196 g/mol. The fourth-order valence-electron chi connectivity index (χ4n) is 2.50. The summed E-state index contributed by atoms with van der Waals surface area (Å²) in [6.07, 6.45) is 6.27. The molecule has 0 saturated heterocycles. The molecule has 0 aromatic carbocycles. The summed E-state index contributed by atoms with van der Waals surface area (Å²) in [4.78, 5) is 0. The lowest BCUT2D eigenvalue weighted by Gasteiger charge is -2.36. The van der Waals surface area contributed by atoms with Crippen molar-refractivity contribution in [3.05, 3.63) is 12.7 Å². The molecule has 0 N–H and O–H groups in total. The van der Waals surface area contributed by atoms with Crippen molar-refractivity contribution in [2.24, 2.45) is 17.8 Å². The van der Waals surface area contributed by atoms with Gasteiger partial charge < -0.3 is 4.74 Å². The third kappa shape index (κ3) is 3.13. The van der Waals surface area contributed by atoms with Crippen molar-refractivity contribution < 1.29 is 4.74 Å². The molecule has 1 aliphatic rings. The molecule has 1 saturated carbocycles. The lowest BCUT2D eigenvalue weighted by molar-refractivity contribution is -0.0261. The summed E-state index contributed by atoms with van der Waals surface area (Å²) in [6.45, 7) is 11.4. The molecule has 82 valence electrons. The summed E-state index contributed by atoms with van der Waals surface area (Å²) in [5, 5.41) is 0. The molecule has 3 atom stereocenters. The van der Waals surface area contributed by atoms with Crippen molar-refractivity contribution >= 4 is 0 Å². The van der Waals surface area contributed by atoms with E-state index >= 15 is 0 Å². The van der Waals surface area contributed by atoms with Crippen LogP contribution in [0.3, 0.4) is 0 Å². The first-order valence-electron chi connectivity index (χ1n) is 5.87. The second-order valence-corrected chi connectivity index (χ2v) is 4.99. The number of ether oxygens (including phenoxy) is 1. The second-order valence-electron chi connectivity index (χ2n) is 4.99. The molecule has 0 amide bonds. The lowest BCUT2D eigenvalue weighted by atomic mass is 9.75. The summed E-state index contributed by atoms with van der Waals surface area (Å²) in [7, 11) is 0. The molecule has 1 nitrogen and oxygen atoms in total. The topological polar surface area (TPSA) is 9.23 Å². The lowest BCUT2D eigenvalue weighted by Crippen LogP contribution is -2.34. The van der Waals surface area contributed by atoms with E-state index in [9.17, 15) is 0 Å². The maximum atomic E-state index is 5.86. The summed E-state index contributed by atoms with van der Waals surface area (Å²) < 4.78 is 5.86. The maximum absolute atomic E-state index is 5.86. The van der Waals surface area contributed by atoms with E-state index < -0.39 is 0 Å². The van der Waals surface area contributed by atoms with Crippen molar-refractivity contribution in [3.63, 3.8) is 0 Å². The van der Waals surface area contributed by atoms with Gasteiger partial charge in [-0.25, -0.2) is 0 Å². The second kappa shape index (κ2) is 5.55. The predicted octanol–water partition coefficient (Wildman–Crippen LogP) is 3.65. The first-order chi connectivity index (χ1) is 6.65. The maximum Gasteiger partial charge on any atom is 0.0648 e. The van der Waals surface area contributed by atoms with Gasteiger partial charge in [-0.2, -0.15) is 0 Å². The Labute approximate surface area is 88.5 Å². The molecule has 14 heavy (non-hydrogen) atoms. The zero-order chi connectivity index (χ0) is 10.6. The van der Waals surface area contributed by atoms with Crippen molar-refractivity contribution in [3.8, 4) is 0 Å². The molecule has 0 aromatic heterocycles. The Bertz CT molecular complexity index is 174. The first-order valence-corrected chi connectivity index (χ1v) is 5.87. The van der Waals surface area contributed by atoms with Crippen LogP contribution in [0.25, 0.3) is 0 Å². The number of hydrogen-bond acceptors (Lipinski definition) is 1. The highest BCUT2D eigenvalue weighted by atomic mass is 16.5. The quantitative estimate of drug-likeness (QED) is 0.624. The number of rotatable bonds is 4. The standard InChI is InChI=1S/C13H24O/c1-5-8-14-13-9-11(4)6-7-12(13)10(2)3/h5,10-13H,1,6-9H2,2-4H3/t11-,12?,13-/m1/s1. The molecular weight excluding hydrogens is 172 g/mol. The van der Waals surface area contributed by atoms with Crippen molar-refractivity contribution in [2.75, 3.05) is 6.61 Å². The minimum Gasteiger partial charge on any atom is -0.374 e. The largest absolute Gasteiger partial charge is 0.374 e. The Morgan fingerprint density at radius 2 is 2.14 bits per heavy atom. The van der Waals surface area contributed by atoms with E-state index in [1.165, 1.54) is 19.3 Å². The van der Waals surface area contributed by atoms with Crippen LogP contribution in [-0.2, 0) is 4.74 Å². The zero-order valence-corrected chi connectivity index (χ0v) is 9.83. The highest BCUT2D eigenvalue weighted by molar-refractivity contribution is 4.82. The predicted molar refractivity (Wildman–Crippen MR) is 61.3 cm³/mol. The molecule has 1 unspecified atom stereocenters. The van der Waals surface area contributed by atoms with Gasteiger partial charge in [-0.3, -0.25) is 0 Å². The summed E-state index contributed by atoms with van der Waals surface area (Å²) in [5.41, 5.74) is 0. The van der Waals surface area contributed by atoms with Gasteiger partial charge in [0.2, 0.25) is 0 Å². The Balaban J connectivity index is 2.49. The van der Waals surface area contributed by atoms with Crippen LogP contribution in [0.15, 0.2) is 12.7 Å². The molecule has 0 aliphatic heterocycles. The molecule has 0 radical (unpaired) electrons. The molecule has 1 rings (SSSR count). The van der Waals surface area contributed by atoms with E-state index in [0.717, 1.165) is 17.8 Å². The summed E-state index contributed by atoms with van der Waals surface area (Å²) in [5.74, 6) is 2.34. The van der Waals surface area contributed by atoms with Crippen LogP contribution in [0.5, 0.6) is 0 Å². The fourth-order valence-corrected chi connectivity index (χ4v) is 2.50. The number of hydrogen-bond donors (Lipinski definition) is 0. The van der Waals surface area contributed by atoms with Crippen LogP contribution in [0, 0.1) is 17.8 Å². The minimum absolute atomic E-state index is 0.469. The van der Waals surface area contributed by atoms with Gasteiger partial charge in [0, 0.05) is 0 Å². The van der Waals surface area contributed by atoms with Crippen LogP contribution < -0.4 is 0 Å². The molecular formula is C13H24O. The Kier molecular flexibility index (Phi) is 4.67. The van der Waals surface area contributed by atoms with Gasteiger partial charge in [-0.15, -0.1) is 6.58 Å². The van der Waals surface area contributed by atoms with Gasteiger partial charge >= 0.3 is 0 Å². The molecule has 0 bridgehead atoms. The zero-order valence-electron chi connectivity index (χ0n) is 9.83. The van der Waals surface area contributed by atoms with Crippen molar-refractivity contribution in [1.82, 2.24) is 0 Å². The highest BCUT2D eigenvalue weighted by Gasteiger charge is 2.30. The van der Waals surface area contributed by atoms with Crippen LogP contribution in [-0.4, -0.2) is 12.7 Å². The van der Waals surface area contributed by atoms with E-state index in [-0.39, 0.29) is 0 Å². The van der Waals surface area contributed by atoms with Crippen LogP contribution >= 0.6 is 0 Å². The van der Waals surface area contributed by atoms with E-state index in [1.54, 1.807) is 0 Å². The van der Waals surface area contributed by atoms with Crippen LogP contribution in [0.1, 0.15) is 40.0 Å². The van der Waals surface area contributed by atoms with Crippen LogP contribution in [0.4, 0.5) is 0 Å². The highest BCUT2D eigenvalue weighted by Crippen LogP contribution is 2.35. The van der Waals surface area contributed by atoms with Gasteiger partial charge in [0.25, 0.3) is 0 Å². The van der Waals surface area contributed by atoms with E-state index in [2.05, 4.69) is 27.4 Å². The van der Waals surface area contributed by atoms with Gasteiger partial charge in [-0.05, 0) is 30.6 Å². The first kappa shape index (κ1) is 11.8. The third-order valence-corrected chi connectivity index (χ3v) is 3.39. The minimum atomic E-state index is 0.469. The van der Waals surface area contributed by atoms with Gasteiger partial charge in [0.15, 0.2) is 0 Å². The molecule has 0 heterocycles.